The Morgan fingerprint density at radius 3 is 2.38 bits per heavy atom. The number of nitrogens with one attached hydrogen (secondary N) is 2. The van der Waals surface area contributed by atoms with Gasteiger partial charge in [-0.3, -0.25) is 0 Å². The van der Waals surface area contributed by atoms with Crippen LogP contribution < -0.4 is 10.6 Å². The van der Waals surface area contributed by atoms with Gasteiger partial charge >= 0.3 is 6.09 Å². The van der Waals surface area contributed by atoms with Gasteiger partial charge < -0.3 is 25.6 Å². The number of carbonyl (C=O) groups is 1. The normalized spacial score (nSPS) is 19.5. The van der Waals surface area contributed by atoms with Crippen molar-refractivity contribution in [3.8, 4) is 0 Å². The summed E-state index contributed by atoms with van der Waals surface area (Å²) in [5.74, 6) is 0. The number of rotatable bonds is 7. The average molecular weight is 364 g/mol. The summed E-state index contributed by atoms with van der Waals surface area (Å²) in [7, 11) is 0. The molecule has 1 aromatic rings. The second-order valence-electron chi connectivity index (χ2n) is 8.12. The van der Waals surface area contributed by atoms with Gasteiger partial charge in [0.1, 0.15) is 0 Å². The molecular weight excluding hydrogens is 332 g/mol. The van der Waals surface area contributed by atoms with Crippen molar-refractivity contribution in [2.75, 3.05) is 19.8 Å². The van der Waals surface area contributed by atoms with E-state index in [1.54, 1.807) is 0 Å². The van der Waals surface area contributed by atoms with Crippen molar-refractivity contribution in [2.45, 2.75) is 57.7 Å². The molecule has 0 saturated carbocycles. The third-order valence-electron chi connectivity index (χ3n) is 5.38. The SMILES string of the molecule is CC(C)(C)[C@](Cc1ccccc1)(NC(=O)O)[C@H](O)CNC1CCOCC1. The molecule has 6 heteroatoms. The van der Waals surface area contributed by atoms with Gasteiger partial charge in [-0.05, 0) is 30.2 Å². The van der Waals surface area contributed by atoms with Crippen LogP contribution in [-0.2, 0) is 11.2 Å². The van der Waals surface area contributed by atoms with Crippen LogP contribution in [0.5, 0.6) is 0 Å². The molecule has 0 aliphatic carbocycles. The molecule has 146 valence electrons. The minimum atomic E-state index is -1.12. The molecule has 1 aliphatic heterocycles. The van der Waals surface area contributed by atoms with Crippen LogP contribution in [0.1, 0.15) is 39.2 Å². The quantitative estimate of drug-likeness (QED) is 0.596. The van der Waals surface area contributed by atoms with Crippen molar-refractivity contribution in [2.24, 2.45) is 5.41 Å². The van der Waals surface area contributed by atoms with Crippen LogP contribution in [0.3, 0.4) is 0 Å². The molecule has 1 aromatic carbocycles. The van der Waals surface area contributed by atoms with Gasteiger partial charge in [-0.15, -0.1) is 0 Å². The van der Waals surface area contributed by atoms with E-state index in [0.29, 0.717) is 13.0 Å². The molecule has 1 fully saturated rings. The zero-order valence-corrected chi connectivity index (χ0v) is 16.0. The Bertz CT molecular complexity index is 567. The number of aliphatic hydroxyl groups is 1. The van der Waals surface area contributed by atoms with E-state index in [9.17, 15) is 15.0 Å². The van der Waals surface area contributed by atoms with Crippen molar-refractivity contribution in [3.05, 3.63) is 35.9 Å². The number of benzene rings is 1. The van der Waals surface area contributed by atoms with Crippen molar-refractivity contribution >= 4 is 6.09 Å². The number of aliphatic hydroxyl groups excluding tert-OH is 1. The first-order valence-corrected chi connectivity index (χ1v) is 9.29. The maximum Gasteiger partial charge on any atom is 0.405 e. The standard InChI is InChI=1S/C20H32N2O4/c1-19(2,3)20(22-18(24)25,13-15-7-5-4-6-8-15)17(23)14-21-16-9-11-26-12-10-16/h4-8,16-17,21-23H,9-14H2,1-3H3,(H,24,25)/t17-,20-/m1/s1. The van der Waals surface area contributed by atoms with Crippen molar-refractivity contribution in [1.82, 2.24) is 10.6 Å². The smallest absolute Gasteiger partial charge is 0.405 e. The molecule has 1 amide bonds. The second-order valence-corrected chi connectivity index (χ2v) is 8.12. The fourth-order valence-corrected chi connectivity index (χ4v) is 3.66. The van der Waals surface area contributed by atoms with E-state index in [0.717, 1.165) is 31.6 Å². The Labute approximate surface area is 155 Å². The third kappa shape index (κ3) is 5.19. The van der Waals surface area contributed by atoms with Crippen LogP contribution in [0.2, 0.25) is 0 Å². The fraction of sp³-hybridized carbons (Fsp3) is 0.650. The summed E-state index contributed by atoms with van der Waals surface area (Å²) in [5, 5.41) is 26.7. The van der Waals surface area contributed by atoms with Crippen LogP contribution in [-0.4, -0.2) is 53.7 Å². The number of ether oxygens (including phenoxy) is 1. The highest BCUT2D eigenvalue weighted by atomic mass is 16.5. The Kier molecular flexibility index (Phi) is 7.03. The fourth-order valence-electron chi connectivity index (χ4n) is 3.66. The van der Waals surface area contributed by atoms with Crippen LogP contribution in [0.4, 0.5) is 4.79 Å². The molecule has 4 N–H and O–H groups in total. The third-order valence-corrected chi connectivity index (χ3v) is 5.38. The highest BCUT2D eigenvalue weighted by Gasteiger charge is 2.49. The van der Waals surface area contributed by atoms with Gasteiger partial charge in [0, 0.05) is 25.8 Å². The number of carboxylic acid groups (broad SMARTS) is 1. The predicted molar refractivity (Wildman–Crippen MR) is 101 cm³/mol. The van der Waals surface area contributed by atoms with Gasteiger partial charge in [0.2, 0.25) is 0 Å². The Morgan fingerprint density at radius 1 is 1.23 bits per heavy atom. The highest BCUT2D eigenvalue weighted by molar-refractivity contribution is 5.66. The lowest BCUT2D eigenvalue weighted by atomic mass is 9.66. The number of hydrogen-bond acceptors (Lipinski definition) is 4. The minimum Gasteiger partial charge on any atom is -0.465 e. The number of amides is 1. The van der Waals surface area contributed by atoms with Gasteiger partial charge in [-0.1, -0.05) is 51.1 Å². The summed E-state index contributed by atoms with van der Waals surface area (Å²) in [4.78, 5) is 11.6. The molecule has 0 aromatic heterocycles. The van der Waals surface area contributed by atoms with E-state index in [-0.39, 0.29) is 6.04 Å². The molecular formula is C20H32N2O4. The zero-order chi connectivity index (χ0) is 19.2. The first-order chi connectivity index (χ1) is 12.2. The van der Waals surface area contributed by atoms with E-state index in [4.69, 9.17) is 4.74 Å². The molecule has 1 aliphatic rings. The van der Waals surface area contributed by atoms with Gasteiger partial charge in [0.15, 0.2) is 0 Å². The van der Waals surface area contributed by atoms with Crippen LogP contribution in [0.15, 0.2) is 30.3 Å². The molecule has 1 saturated heterocycles. The second kappa shape index (κ2) is 8.84. The first kappa shape index (κ1) is 20.7. The largest absolute Gasteiger partial charge is 0.465 e. The molecule has 1 heterocycles. The molecule has 0 bridgehead atoms. The topological polar surface area (TPSA) is 90.8 Å². The molecule has 0 radical (unpaired) electrons. The lowest BCUT2D eigenvalue weighted by Gasteiger charge is -2.48. The molecule has 0 spiro atoms. The lowest BCUT2D eigenvalue weighted by Crippen LogP contribution is -2.67. The summed E-state index contributed by atoms with van der Waals surface area (Å²) in [6, 6.07) is 9.99. The van der Waals surface area contributed by atoms with E-state index in [1.165, 1.54) is 0 Å². The van der Waals surface area contributed by atoms with Crippen LogP contribution in [0.25, 0.3) is 0 Å². The van der Waals surface area contributed by atoms with E-state index in [2.05, 4.69) is 10.6 Å². The van der Waals surface area contributed by atoms with E-state index >= 15 is 0 Å². The monoisotopic (exact) mass is 364 g/mol. The zero-order valence-electron chi connectivity index (χ0n) is 16.0. The summed E-state index contributed by atoms with van der Waals surface area (Å²) >= 11 is 0. The van der Waals surface area contributed by atoms with Crippen LogP contribution >= 0.6 is 0 Å². The Balaban J connectivity index is 2.22. The van der Waals surface area contributed by atoms with Crippen LogP contribution in [0, 0.1) is 5.41 Å². The predicted octanol–water partition coefficient (Wildman–Crippen LogP) is 2.41. The van der Waals surface area contributed by atoms with E-state index in [1.807, 2.05) is 51.1 Å². The molecule has 26 heavy (non-hydrogen) atoms. The Morgan fingerprint density at radius 2 is 1.85 bits per heavy atom. The minimum absolute atomic E-state index is 0.289. The van der Waals surface area contributed by atoms with Gasteiger partial charge in [-0.2, -0.15) is 0 Å². The lowest BCUT2D eigenvalue weighted by molar-refractivity contribution is -0.0128. The number of hydrogen-bond donors (Lipinski definition) is 4. The summed E-state index contributed by atoms with van der Waals surface area (Å²) in [5.41, 5.74) is -0.516. The summed E-state index contributed by atoms with van der Waals surface area (Å²) in [6.45, 7) is 7.65. The first-order valence-electron chi connectivity index (χ1n) is 9.29. The molecule has 2 atom stereocenters. The summed E-state index contributed by atoms with van der Waals surface area (Å²) in [6.07, 6.45) is 0.225. The summed E-state index contributed by atoms with van der Waals surface area (Å²) < 4.78 is 5.37. The van der Waals surface area contributed by atoms with Crippen molar-refractivity contribution in [1.29, 1.82) is 0 Å². The van der Waals surface area contributed by atoms with E-state index < -0.39 is 23.2 Å². The Hall–Kier alpha value is -1.63. The molecule has 2 rings (SSSR count). The maximum absolute atomic E-state index is 11.6. The van der Waals surface area contributed by atoms with Gasteiger partial charge in [0.05, 0.1) is 11.6 Å². The van der Waals surface area contributed by atoms with Crippen molar-refractivity contribution in [3.63, 3.8) is 0 Å². The van der Waals surface area contributed by atoms with Crippen molar-refractivity contribution < 1.29 is 19.7 Å². The van der Waals surface area contributed by atoms with Gasteiger partial charge in [-0.25, -0.2) is 4.79 Å². The maximum atomic E-state index is 11.6. The average Bonchev–Trinajstić information content (AvgIpc) is 2.59. The van der Waals surface area contributed by atoms with Gasteiger partial charge in [0.25, 0.3) is 0 Å². The molecule has 0 unspecified atom stereocenters. The highest BCUT2D eigenvalue weighted by Crippen LogP contribution is 2.36. The molecule has 6 nitrogen and oxygen atoms in total.